The lowest BCUT2D eigenvalue weighted by atomic mass is 9.90. The van der Waals surface area contributed by atoms with E-state index in [0.29, 0.717) is 22.8 Å². The van der Waals surface area contributed by atoms with Crippen LogP contribution in [0.5, 0.6) is 0 Å². The number of amides is 1. The van der Waals surface area contributed by atoms with Crippen LogP contribution in [0, 0.1) is 0 Å². The highest BCUT2D eigenvalue weighted by Crippen LogP contribution is 2.35. The van der Waals surface area contributed by atoms with E-state index in [1.165, 1.54) is 55.2 Å². The van der Waals surface area contributed by atoms with Crippen molar-refractivity contribution in [2.45, 2.75) is 56.6 Å². The van der Waals surface area contributed by atoms with Crippen LogP contribution < -0.4 is 5.32 Å². The average molecular weight is 430 g/mol. The highest BCUT2D eigenvalue weighted by molar-refractivity contribution is 7.99. The number of aromatic nitrogens is 6. The van der Waals surface area contributed by atoms with Crippen LogP contribution in [0.3, 0.4) is 0 Å². The largest absolute Gasteiger partial charge is 0.302 e. The molecule has 1 saturated carbocycles. The maximum atomic E-state index is 12.4. The van der Waals surface area contributed by atoms with Crippen LogP contribution in [0.25, 0.3) is 11.4 Å². The SMILES string of the molecule is CCn1c(SCC(=O)Nc2nnc(C3CCCCC3)s2)nnc1-c1cccnc1. The first kappa shape index (κ1) is 20.0. The Labute approximate surface area is 177 Å². The summed E-state index contributed by atoms with van der Waals surface area (Å²) in [4.78, 5) is 16.5. The van der Waals surface area contributed by atoms with Gasteiger partial charge in [0.25, 0.3) is 0 Å². The molecule has 152 valence electrons. The lowest BCUT2D eigenvalue weighted by molar-refractivity contribution is -0.113. The third kappa shape index (κ3) is 4.81. The molecule has 1 amide bonds. The van der Waals surface area contributed by atoms with Gasteiger partial charge < -0.3 is 4.57 Å². The van der Waals surface area contributed by atoms with Gasteiger partial charge >= 0.3 is 0 Å². The average Bonchev–Trinajstić information content (AvgIpc) is 3.40. The summed E-state index contributed by atoms with van der Waals surface area (Å²) in [5.41, 5.74) is 0.905. The number of thioether (sulfide) groups is 1. The zero-order valence-corrected chi connectivity index (χ0v) is 17.9. The molecule has 1 N–H and O–H groups in total. The van der Waals surface area contributed by atoms with Gasteiger partial charge in [-0.2, -0.15) is 0 Å². The molecule has 1 aliphatic carbocycles. The van der Waals surface area contributed by atoms with E-state index in [0.717, 1.165) is 16.4 Å². The van der Waals surface area contributed by atoms with E-state index in [1.54, 1.807) is 12.4 Å². The Bertz CT molecular complexity index is 951. The van der Waals surface area contributed by atoms with Crippen molar-refractivity contribution < 1.29 is 4.79 Å². The number of carbonyl (C=O) groups excluding carboxylic acids is 1. The van der Waals surface area contributed by atoms with Crippen LogP contribution in [0.15, 0.2) is 29.7 Å². The molecule has 10 heteroatoms. The van der Waals surface area contributed by atoms with Crippen LogP contribution in [0.4, 0.5) is 5.13 Å². The number of hydrogen-bond acceptors (Lipinski definition) is 8. The zero-order valence-electron chi connectivity index (χ0n) is 16.2. The summed E-state index contributed by atoms with van der Waals surface area (Å²) in [6, 6.07) is 3.82. The molecule has 3 aromatic rings. The Morgan fingerprint density at radius 3 is 2.86 bits per heavy atom. The van der Waals surface area contributed by atoms with Gasteiger partial charge in [-0.1, -0.05) is 42.4 Å². The fraction of sp³-hybridized carbons (Fsp3) is 0.474. The van der Waals surface area contributed by atoms with Crippen molar-refractivity contribution in [3.8, 4) is 11.4 Å². The summed E-state index contributed by atoms with van der Waals surface area (Å²) in [6.45, 7) is 2.74. The molecular weight excluding hydrogens is 406 g/mol. The molecular formula is C19H23N7OS2. The van der Waals surface area contributed by atoms with E-state index in [-0.39, 0.29) is 11.7 Å². The predicted molar refractivity (Wildman–Crippen MR) is 114 cm³/mol. The second-order valence-corrected chi connectivity index (χ2v) is 8.86. The first-order valence-corrected chi connectivity index (χ1v) is 11.6. The van der Waals surface area contributed by atoms with Crippen molar-refractivity contribution in [2.75, 3.05) is 11.1 Å². The molecule has 1 aliphatic rings. The van der Waals surface area contributed by atoms with E-state index in [9.17, 15) is 4.79 Å². The van der Waals surface area contributed by atoms with Gasteiger partial charge in [0.05, 0.1) is 5.75 Å². The summed E-state index contributed by atoms with van der Waals surface area (Å²) in [5.74, 6) is 1.37. The van der Waals surface area contributed by atoms with Crippen LogP contribution in [-0.2, 0) is 11.3 Å². The Morgan fingerprint density at radius 1 is 1.24 bits per heavy atom. The van der Waals surface area contributed by atoms with Crippen molar-refractivity contribution in [1.82, 2.24) is 29.9 Å². The van der Waals surface area contributed by atoms with Crippen molar-refractivity contribution in [3.05, 3.63) is 29.5 Å². The third-order valence-electron chi connectivity index (χ3n) is 4.93. The molecule has 0 aromatic carbocycles. The minimum atomic E-state index is -0.116. The summed E-state index contributed by atoms with van der Waals surface area (Å²) >= 11 is 2.86. The Morgan fingerprint density at radius 2 is 2.10 bits per heavy atom. The topological polar surface area (TPSA) is 98.5 Å². The highest BCUT2D eigenvalue weighted by Gasteiger charge is 2.20. The standard InChI is InChI=1S/C19H23N7OS2/c1-2-26-16(14-9-6-10-20-11-14)22-25-19(26)28-12-15(27)21-18-24-23-17(29-18)13-7-4-3-5-8-13/h6,9-11,13H,2-5,7-8,12H2,1H3,(H,21,24,27). The molecule has 29 heavy (non-hydrogen) atoms. The van der Waals surface area contributed by atoms with E-state index < -0.39 is 0 Å². The Kier molecular flexibility index (Phi) is 6.50. The van der Waals surface area contributed by atoms with Crippen LogP contribution in [0.2, 0.25) is 0 Å². The quantitative estimate of drug-likeness (QED) is 0.567. The number of nitrogens with zero attached hydrogens (tertiary/aromatic N) is 6. The monoisotopic (exact) mass is 429 g/mol. The van der Waals surface area contributed by atoms with E-state index in [2.05, 4.69) is 30.7 Å². The van der Waals surface area contributed by atoms with E-state index in [1.807, 2.05) is 23.6 Å². The van der Waals surface area contributed by atoms with E-state index in [4.69, 9.17) is 0 Å². The van der Waals surface area contributed by atoms with Crippen LogP contribution >= 0.6 is 23.1 Å². The molecule has 3 aromatic heterocycles. The number of carbonyl (C=O) groups is 1. The maximum Gasteiger partial charge on any atom is 0.236 e. The fourth-order valence-electron chi connectivity index (χ4n) is 3.47. The highest BCUT2D eigenvalue weighted by atomic mass is 32.2. The number of hydrogen-bond donors (Lipinski definition) is 1. The smallest absolute Gasteiger partial charge is 0.236 e. The second-order valence-electron chi connectivity index (χ2n) is 6.91. The number of nitrogens with one attached hydrogen (secondary N) is 1. The molecule has 0 unspecified atom stereocenters. The molecule has 0 bridgehead atoms. The second kappa shape index (κ2) is 9.45. The summed E-state index contributed by atoms with van der Waals surface area (Å²) in [7, 11) is 0. The van der Waals surface area contributed by atoms with Gasteiger partial charge in [0.1, 0.15) is 5.01 Å². The third-order valence-corrected chi connectivity index (χ3v) is 6.89. The molecule has 8 nitrogen and oxygen atoms in total. The Balaban J connectivity index is 1.35. The number of rotatable bonds is 7. The zero-order chi connectivity index (χ0) is 20.1. The Hall–Kier alpha value is -2.33. The first-order chi connectivity index (χ1) is 14.2. The van der Waals surface area contributed by atoms with Gasteiger partial charge in [-0.15, -0.1) is 20.4 Å². The van der Waals surface area contributed by atoms with Gasteiger partial charge in [-0.3, -0.25) is 15.1 Å². The van der Waals surface area contributed by atoms with Crippen molar-refractivity contribution >= 4 is 34.1 Å². The van der Waals surface area contributed by atoms with E-state index >= 15 is 0 Å². The molecule has 0 spiro atoms. The van der Waals surface area contributed by atoms with Gasteiger partial charge in [-0.05, 0) is 31.9 Å². The summed E-state index contributed by atoms with van der Waals surface area (Å²) < 4.78 is 1.99. The molecule has 0 atom stereocenters. The maximum absolute atomic E-state index is 12.4. The van der Waals surface area contributed by atoms with Crippen molar-refractivity contribution in [2.24, 2.45) is 0 Å². The molecule has 0 aliphatic heterocycles. The summed E-state index contributed by atoms with van der Waals surface area (Å²) in [5, 5.41) is 22.2. The van der Waals surface area contributed by atoms with Gasteiger partial charge in [0.15, 0.2) is 11.0 Å². The lowest BCUT2D eigenvalue weighted by Gasteiger charge is -2.18. The molecule has 4 rings (SSSR count). The minimum Gasteiger partial charge on any atom is -0.302 e. The van der Waals surface area contributed by atoms with Crippen LogP contribution in [0.1, 0.15) is 50.0 Å². The molecule has 0 radical (unpaired) electrons. The molecule has 0 saturated heterocycles. The fourth-order valence-corrected chi connectivity index (χ4v) is 5.21. The predicted octanol–water partition coefficient (Wildman–Crippen LogP) is 3.99. The summed E-state index contributed by atoms with van der Waals surface area (Å²) in [6.07, 6.45) is 9.64. The minimum absolute atomic E-state index is 0.116. The van der Waals surface area contributed by atoms with Crippen molar-refractivity contribution in [1.29, 1.82) is 0 Å². The molecule has 1 fully saturated rings. The first-order valence-electron chi connectivity index (χ1n) is 9.84. The van der Waals surface area contributed by atoms with Gasteiger partial charge in [-0.25, -0.2) is 0 Å². The number of anilines is 1. The van der Waals surface area contributed by atoms with Gasteiger partial charge in [0, 0.05) is 30.4 Å². The lowest BCUT2D eigenvalue weighted by Crippen LogP contribution is -2.14. The van der Waals surface area contributed by atoms with Crippen molar-refractivity contribution in [3.63, 3.8) is 0 Å². The normalized spacial score (nSPS) is 14.8. The molecule has 3 heterocycles. The van der Waals surface area contributed by atoms with Crippen LogP contribution in [-0.4, -0.2) is 41.6 Å². The van der Waals surface area contributed by atoms with Gasteiger partial charge in [0.2, 0.25) is 11.0 Å². The number of pyridine rings is 1.